The number of nitrogens with one attached hydrogen (secondary N) is 1. The molecule has 4 nitrogen and oxygen atoms in total. The standard InChI is InChI=1S/C15H19Br2N3O/c1-4-7-18-14(15-13(17)9-19-20(15)2)11-8-10(21-3)5-6-12(11)16/h5-6,8-9,14,18H,4,7H2,1-3H3. The highest BCUT2D eigenvalue weighted by Crippen LogP contribution is 2.34. The Bertz CT molecular complexity index is 593. The smallest absolute Gasteiger partial charge is 0.119 e. The highest BCUT2D eigenvalue weighted by atomic mass is 79.9. The molecule has 0 amide bonds. The summed E-state index contributed by atoms with van der Waals surface area (Å²) in [5.41, 5.74) is 2.23. The van der Waals surface area contributed by atoms with Crippen molar-refractivity contribution in [3.63, 3.8) is 0 Å². The second-order valence-corrected chi connectivity index (χ2v) is 6.48. The van der Waals surface area contributed by atoms with Gasteiger partial charge >= 0.3 is 0 Å². The lowest BCUT2D eigenvalue weighted by Gasteiger charge is -2.22. The molecule has 0 bridgehead atoms. The number of hydrogen-bond donors (Lipinski definition) is 1. The summed E-state index contributed by atoms with van der Waals surface area (Å²) in [6.45, 7) is 3.08. The average molecular weight is 417 g/mol. The first-order valence-corrected chi connectivity index (χ1v) is 8.41. The molecule has 1 aromatic heterocycles. The van der Waals surface area contributed by atoms with Crippen molar-refractivity contribution in [3.8, 4) is 5.75 Å². The molecule has 1 unspecified atom stereocenters. The minimum absolute atomic E-state index is 0.0382. The Balaban J connectivity index is 2.50. The van der Waals surface area contributed by atoms with E-state index in [2.05, 4.69) is 55.3 Å². The Morgan fingerprint density at radius 2 is 2.10 bits per heavy atom. The molecule has 0 aliphatic carbocycles. The van der Waals surface area contributed by atoms with Crippen LogP contribution in [0.15, 0.2) is 33.3 Å². The molecule has 1 atom stereocenters. The molecule has 0 saturated heterocycles. The van der Waals surface area contributed by atoms with E-state index in [4.69, 9.17) is 4.74 Å². The van der Waals surface area contributed by atoms with Crippen LogP contribution in [0.25, 0.3) is 0 Å². The van der Waals surface area contributed by atoms with Gasteiger partial charge in [0.1, 0.15) is 5.75 Å². The summed E-state index contributed by atoms with van der Waals surface area (Å²) in [6.07, 6.45) is 2.89. The summed E-state index contributed by atoms with van der Waals surface area (Å²) < 4.78 is 9.29. The molecule has 1 N–H and O–H groups in total. The van der Waals surface area contributed by atoms with Crippen LogP contribution in [-0.4, -0.2) is 23.4 Å². The van der Waals surface area contributed by atoms with Gasteiger partial charge < -0.3 is 10.1 Å². The molecule has 0 aliphatic heterocycles. The maximum Gasteiger partial charge on any atom is 0.119 e. The fourth-order valence-electron chi connectivity index (χ4n) is 2.26. The van der Waals surface area contributed by atoms with E-state index < -0.39 is 0 Å². The summed E-state index contributed by atoms with van der Waals surface area (Å²) >= 11 is 7.24. The lowest BCUT2D eigenvalue weighted by atomic mass is 10.0. The highest BCUT2D eigenvalue weighted by Gasteiger charge is 2.22. The molecule has 114 valence electrons. The van der Waals surface area contributed by atoms with E-state index in [9.17, 15) is 0 Å². The average Bonchev–Trinajstić information content (AvgIpc) is 2.81. The zero-order chi connectivity index (χ0) is 15.4. The molecule has 2 aromatic rings. The maximum atomic E-state index is 5.36. The van der Waals surface area contributed by atoms with Gasteiger partial charge in [-0.2, -0.15) is 5.10 Å². The third kappa shape index (κ3) is 3.67. The molecule has 2 rings (SSSR count). The molecular formula is C15H19Br2N3O. The number of hydrogen-bond acceptors (Lipinski definition) is 3. The summed E-state index contributed by atoms with van der Waals surface area (Å²) in [6, 6.07) is 6.05. The Hall–Kier alpha value is -0.850. The van der Waals surface area contributed by atoms with E-state index in [0.717, 1.165) is 38.9 Å². The fraction of sp³-hybridized carbons (Fsp3) is 0.400. The van der Waals surface area contributed by atoms with Crippen LogP contribution in [0.1, 0.15) is 30.6 Å². The van der Waals surface area contributed by atoms with Crippen molar-refractivity contribution in [1.82, 2.24) is 15.1 Å². The second kappa shape index (κ2) is 7.42. The zero-order valence-electron chi connectivity index (χ0n) is 12.4. The van der Waals surface area contributed by atoms with E-state index >= 15 is 0 Å². The Morgan fingerprint density at radius 1 is 1.33 bits per heavy atom. The van der Waals surface area contributed by atoms with Crippen LogP contribution in [0, 0.1) is 0 Å². The maximum absolute atomic E-state index is 5.36. The molecule has 0 fully saturated rings. The molecule has 21 heavy (non-hydrogen) atoms. The van der Waals surface area contributed by atoms with Gasteiger partial charge in [-0.25, -0.2) is 0 Å². The first-order valence-electron chi connectivity index (χ1n) is 6.82. The first-order chi connectivity index (χ1) is 10.1. The van der Waals surface area contributed by atoms with Gasteiger partial charge in [-0.05, 0) is 52.7 Å². The van der Waals surface area contributed by atoms with Crippen molar-refractivity contribution in [2.75, 3.05) is 13.7 Å². The summed E-state index contributed by atoms with van der Waals surface area (Å²) in [7, 11) is 3.64. The van der Waals surface area contributed by atoms with Gasteiger partial charge in [0, 0.05) is 11.5 Å². The summed E-state index contributed by atoms with van der Waals surface area (Å²) in [5.74, 6) is 0.842. The van der Waals surface area contributed by atoms with Gasteiger partial charge in [0.25, 0.3) is 0 Å². The molecular weight excluding hydrogens is 398 g/mol. The van der Waals surface area contributed by atoms with Crippen molar-refractivity contribution >= 4 is 31.9 Å². The Morgan fingerprint density at radius 3 is 2.67 bits per heavy atom. The Kier molecular flexibility index (Phi) is 5.84. The normalized spacial score (nSPS) is 12.4. The molecule has 0 saturated carbocycles. The number of ether oxygens (including phenoxy) is 1. The zero-order valence-corrected chi connectivity index (χ0v) is 15.5. The number of aryl methyl sites for hydroxylation is 1. The van der Waals surface area contributed by atoms with Crippen LogP contribution in [0.4, 0.5) is 0 Å². The number of rotatable bonds is 6. The number of halogens is 2. The number of aromatic nitrogens is 2. The van der Waals surface area contributed by atoms with Crippen molar-refractivity contribution in [1.29, 1.82) is 0 Å². The van der Waals surface area contributed by atoms with Crippen LogP contribution in [0.3, 0.4) is 0 Å². The minimum Gasteiger partial charge on any atom is -0.497 e. The molecule has 0 radical (unpaired) electrons. The van der Waals surface area contributed by atoms with Crippen LogP contribution < -0.4 is 10.1 Å². The number of methoxy groups -OCH3 is 1. The highest BCUT2D eigenvalue weighted by molar-refractivity contribution is 9.10. The number of benzene rings is 1. The van der Waals surface area contributed by atoms with Gasteiger partial charge in [-0.3, -0.25) is 4.68 Å². The predicted octanol–water partition coefficient (Wildman–Crippen LogP) is 4.04. The predicted molar refractivity (Wildman–Crippen MR) is 91.7 cm³/mol. The third-order valence-corrected chi connectivity index (χ3v) is 4.66. The van der Waals surface area contributed by atoms with E-state index in [1.54, 1.807) is 7.11 Å². The lowest BCUT2D eigenvalue weighted by molar-refractivity contribution is 0.413. The Labute approximate surface area is 142 Å². The van der Waals surface area contributed by atoms with Crippen molar-refractivity contribution in [2.45, 2.75) is 19.4 Å². The van der Waals surface area contributed by atoms with Gasteiger partial charge in [-0.1, -0.05) is 22.9 Å². The SMILES string of the molecule is CCCNC(c1cc(OC)ccc1Br)c1c(Br)cnn1C. The van der Waals surface area contributed by atoms with E-state index in [1.165, 1.54) is 0 Å². The summed E-state index contributed by atoms with van der Waals surface area (Å²) in [5, 5.41) is 7.91. The van der Waals surface area contributed by atoms with E-state index in [-0.39, 0.29) is 6.04 Å². The van der Waals surface area contributed by atoms with Gasteiger partial charge in [0.15, 0.2) is 0 Å². The van der Waals surface area contributed by atoms with Crippen molar-refractivity contribution in [2.24, 2.45) is 7.05 Å². The monoisotopic (exact) mass is 415 g/mol. The largest absolute Gasteiger partial charge is 0.497 e. The molecule has 1 aromatic carbocycles. The molecule has 0 spiro atoms. The van der Waals surface area contributed by atoms with Gasteiger partial charge in [0.05, 0.1) is 29.5 Å². The third-order valence-electron chi connectivity index (χ3n) is 3.32. The summed E-state index contributed by atoms with van der Waals surface area (Å²) in [4.78, 5) is 0. The minimum atomic E-state index is 0.0382. The van der Waals surface area contributed by atoms with Crippen LogP contribution in [0.5, 0.6) is 5.75 Å². The number of nitrogens with zero attached hydrogens (tertiary/aromatic N) is 2. The quantitative estimate of drug-likeness (QED) is 0.772. The van der Waals surface area contributed by atoms with Crippen molar-refractivity contribution in [3.05, 3.63) is 44.6 Å². The van der Waals surface area contributed by atoms with Gasteiger partial charge in [0.2, 0.25) is 0 Å². The molecule has 0 aliphatic rings. The topological polar surface area (TPSA) is 39.1 Å². The van der Waals surface area contributed by atoms with E-state index in [1.807, 2.05) is 30.1 Å². The van der Waals surface area contributed by atoms with Crippen LogP contribution in [0.2, 0.25) is 0 Å². The molecule has 1 heterocycles. The second-order valence-electron chi connectivity index (χ2n) is 4.78. The fourth-order valence-corrected chi connectivity index (χ4v) is 3.31. The van der Waals surface area contributed by atoms with Crippen molar-refractivity contribution < 1.29 is 4.74 Å². The van der Waals surface area contributed by atoms with Crippen LogP contribution in [-0.2, 0) is 7.05 Å². The van der Waals surface area contributed by atoms with Gasteiger partial charge in [-0.15, -0.1) is 0 Å². The molecule has 6 heteroatoms. The van der Waals surface area contributed by atoms with E-state index in [0.29, 0.717) is 0 Å². The first kappa shape index (κ1) is 16.5. The lowest BCUT2D eigenvalue weighted by Crippen LogP contribution is -2.26. The van der Waals surface area contributed by atoms with Crippen LogP contribution >= 0.6 is 31.9 Å².